The maximum absolute atomic E-state index is 10.8. The molecule has 102 valence electrons. The molecule has 0 rings (SSSR count). The summed E-state index contributed by atoms with van der Waals surface area (Å²) in [5.74, 6) is 0. The van der Waals surface area contributed by atoms with Crippen molar-refractivity contribution in [2.45, 2.75) is 38.4 Å². The Balaban J connectivity index is 3.38. The van der Waals surface area contributed by atoms with Gasteiger partial charge in [0.25, 0.3) is 0 Å². The zero-order valence-electron chi connectivity index (χ0n) is 11.0. The third kappa shape index (κ3) is 9.56. The Morgan fingerprint density at radius 2 is 1.76 bits per heavy atom. The van der Waals surface area contributed by atoms with Crippen LogP contribution in [0, 0.1) is 0 Å². The second kappa shape index (κ2) is 8.89. The highest BCUT2D eigenvalue weighted by Gasteiger charge is 2.31. The minimum atomic E-state index is -0.717. The number of ether oxygens (including phenoxy) is 2. The van der Waals surface area contributed by atoms with E-state index in [2.05, 4.69) is 31.8 Å². The van der Waals surface area contributed by atoms with Crippen molar-refractivity contribution in [3.8, 4) is 0 Å². The summed E-state index contributed by atoms with van der Waals surface area (Å²) in [7, 11) is 0. The fourth-order valence-corrected chi connectivity index (χ4v) is 1.62. The molecule has 4 nitrogen and oxygen atoms in total. The van der Waals surface area contributed by atoms with Crippen LogP contribution in [0.15, 0.2) is 0 Å². The molecule has 1 unspecified atom stereocenters. The Hall–Kier alpha value is -0.130. The number of alkyl halides is 1. The van der Waals surface area contributed by atoms with Crippen molar-refractivity contribution in [2.75, 3.05) is 25.5 Å². The van der Waals surface area contributed by atoms with Gasteiger partial charge in [-0.1, -0.05) is 11.6 Å². The predicted molar refractivity (Wildman–Crippen MR) is 71.4 cm³/mol. The van der Waals surface area contributed by atoms with Gasteiger partial charge in [0.15, 0.2) is 10.8 Å². The van der Waals surface area contributed by atoms with E-state index in [4.69, 9.17) is 20.5 Å². The van der Waals surface area contributed by atoms with E-state index in [1.54, 1.807) is 0 Å². The maximum atomic E-state index is 10.8. The van der Waals surface area contributed by atoms with Gasteiger partial charge in [-0.05, 0) is 33.6 Å². The molecule has 0 aliphatic carbocycles. The lowest BCUT2D eigenvalue weighted by Crippen LogP contribution is -2.29. The van der Waals surface area contributed by atoms with Crippen LogP contribution in [0.25, 0.3) is 0 Å². The molecule has 0 amide bonds. The highest BCUT2D eigenvalue weighted by Crippen LogP contribution is 2.17. The van der Waals surface area contributed by atoms with Crippen LogP contribution in [0.5, 0.6) is 0 Å². The number of carbonyl (C=O) groups is 1. The molecule has 0 spiro atoms. The van der Waals surface area contributed by atoms with Gasteiger partial charge in [-0.3, -0.25) is 0 Å². The molecule has 0 saturated carbocycles. The molecule has 17 heavy (non-hydrogen) atoms. The Morgan fingerprint density at radius 3 is 2.29 bits per heavy atom. The minimum absolute atomic E-state index is 0.0545. The first-order valence-electron chi connectivity index (χ1n) is 5.52. The second-order valence-corrected chi connectivity index (χ2v) is 7.03. The fourth-order valence-electron chi connectivity index (χ4n) is 0.807. The van der Waals surface area contributed by atoms with Crippen molar-refractivity contribution in [2.24, 2.45) is 0 Å². The van der Waals surface area contributed by atoms with Crippen molar-refractivity contribution in [1.29, 1.82) is 0 Å². The van der Waals surface area contributed by atoms with Crippen LogP contribution in [-0.2, 0) is 24.8 Å². The summed E-state index contributed by atoms with van der Waals surface area (Å²) in [6.45, 7) is 7.49. The first kappa shape index (κ1) is 16.9. The van der Waals surface area contributed by atoms with E-state index < -0.39 is 6.16 Å². The van der Waals surface area contributed by atoms with Crippen molar-refractivity contribution >= 4 is 28.9 Å². The minimum Gasteiger partial charge on any atom is -0.434 e. The van der Waals surface area contributed by atoms with Crippen LogP contribution in [0.4, 0.5) is 4.79 Å². The molecule has 0 aromatic carbocycles. The number of carbonyl (C=O) groups excluding carboxylic acids is 1. The molecule has 0 aromatic heterocycles. The summed E-state index contributed by atoms with van der Waals surface area (Å²) in [5, 5.41) is 0. The van der Waals surface area contributed by atoms with Gasteiger partial charge >= 0.3 is 6.16 Å². The largest absolute Gasteiger partial charge is 0.509 e. The van der Waals surface area contributed by atoms with Crippen LogP contribution in [0.1, 0.15) is 33.6 Å². The SMILES string of the molecule is C[S+](OCCCCOC(=O)OCCl)C(C)(C)C. The summed E-state index contributed by atoms with van der Waals surface area (Å²) in [6.07, 6.45) is 3.00. The average Bonchev–Trinajstić information content (AvgIpc) is 2.21. The Bertz CT molecular complexity index is 218. The van der Waals surface area contributed by atoms with Gasteiger partial charge in [0, 0.05) is 0 Å². The monoisotopic (exact) mass is 285 g/mol. The van der Waals surface area contributed by atoms with Gasteiger partial charge in [0.2, 0.25) is 0 Å². The lowest BCUT2D eigenvalue weighted by atomic mass is 10.3. The van der Waals surface area contributed by atoms with Gasteiger partial charge in [-0.2, -0.15) is 4.18 Å². The van der Waals surface area contributed by atoms with Crippen LogP contribution in [0.3, 0.4) is 0 Å². The van der Waals surface area contributed by atoms with Crippen LogP contribution in [-0.4, -0.2) is 36.4 Å². The van der Waals surface area contributed by atoms with E-state index in [0.29, 0.717) is 13.2 Å². The number of halogens is 1. The molecule has 0 aromatic rings. The van der Waals surface area contributed by atoms with Crippen LogP contribution < -0.4 is 0 Å². The smallest absolute Gasteiger partial charge is 0.434 e. The molecular formula is C11H22ClO4S+. The van der Waals surface area contributed by atoms with E-state index in [9.17, 15) is 4.79 Å². The molecule has 0 N–H and O–H groups in total. The van der Waals surface area contributed by atoms with E-state index in [-0.39, 0.29) is 22.0 Å². The zero-order valence-corrected chi connectivity index (χ0v) is 12.5. The summed E-state index contributed by atoms with van der Waals surface area (Å²) in [4.78, 5) is 10.8. The molecule has 0 radical (unpaired) electrons. The van der Waals surface area contributed by atoms with E-state index in [0.717, 1.165) is 12.8 Å². The number of unbranched alkanes of at least 4 members (excludes halogenated alkanes) is 1. The van der Waals surface area contributed by atoms with Crippen LogP contribution >= 0.6 is 11.6 Å². The van der Waals surface area contributed by atoms with Crippen molar-refractivity contribution < 1.29 is 18.5 Å². The third-order valence-corrected chi connectivity index (χ3v) is 4.41. The summed E-state index contributed by atoms with van der Waals surface area (Å²) >= 11 is 5.14. The topological polar surface area (TPSA) is 44.8 Å². The quantitative estimate of drug-likeness (QED) is 0.312. The lowest BCUT2D eigenvalue weighted by molar-refractivity contribution is 0.0657. The number of hydrogen-bond donors (Lipinski definition) is 0. The van der Waals surface area contributed by atoms with E-state index in [1.807, 2.05) is 0 Å². The lowest BCUT2D eigenvalue weighted by Gasteiger charge is -2.15. The maximum Gasteiger partial charge on any atom is 0.509 e. The Labute approximate surface area is 111 Å². The van der Waals surface area contributed by atoms with Gasteiger partial charge in [0.05, 0.1) is 6.61 Å². The first-order chi connectivity index (χ1) is 7.88. The molecular weight excluding hydrogens is 264 g/mol. The van der Waals surface area contributed by atoms with E-state index >= 15 is 0 Å². The zero-order chi connectivity index (χ0) is 13.3. The van der Waals surface area contributed by atoms with Crippen LogP contribution in [0.2, 0.25) is 0 Å². The fraction of sp³-hybridized carbons (Fsp3) is 0.909. The standard InChI is InChI=1S/C11H22ClO4S/c1-11(2,3)17(4)16-8-6-5-7-14-10(13)15-9-12/h5-9H2,1-4H3/q+1. The van der Waals surface area contributed by atoms with E-state index in [1.165, 1.54) is 0 Å². The van der Waals surface area contributed by atoms with Gasteiger partial charge in [0.1, 0.15) is 24.0 Å². The number of rotatable bonds is 7. The molecule has 0 heterocycles. The third-order valence-electron chi connectivity index (χ3n) is 2.05. The molecule has 0 bridgehead atoms. The summed E-state index contributed by atoms with van der Waals surface area (Å²) in [6, 6.07) is -0.174. The summed E-state index contributed by atoms with van der Waals surface area (Å²) in [5.41, 5.74) is 0. The van der Waals surface area contributed by atoms with Crippen molar-refractivity contribution in [3.63, 3.8) is 0 Å². The van der Waals surface area contributed by atoms with Crippen molar-refractivity contribution in [1.82, 2.24) is 0 Å². The average molecular weight is 286 g/mol. The highest BCUT2D eigenvalue weighted by atomic mass is 35.5. The molecule has 1 atom stereocenters. The highest BCUT2D eigenvalue weighted by molar-refractivity contribution is 7.93. The molecule has 0 saturated heterocycles. The molecule has 0 fully saturated rings. The van der Waals surface area contributed by atoms with Gasteiger partial charge < -0.3 is 9.47 Å². The van der Waals surface area contributed by atoms with Gasteiger partial charge in [-0.15, -0.1) is 0 Å². The molecule has 6 heteroatoms. The normalized spacial score (nSPS) is 13.2. The Morgan fingerprint density at radius 1 is 1.18 bits per heavy atom. The number of hydrogen-bond acceptors (Lipinski definition) is 4. The van der Waals surface area contributed by atoms with Crippen molar-refractivity contribution in [3.05, 3.63) is 0 Å². The summed E-state index contributed by atoms with van der Waals surface area (Å²) < 4.78 is 15.0. The second-order valence-electron chi connectivity index (χ2n) is 4.45. The van der Waals surface area contributed by atoms with Gasteiger partial charge in [-0.25, -0.2) is 4.79 Å². The Kier molecular flexibility index (Phi) is 8.82. The molecule has 0 aliphatic heterocycles. The predicted octanol–water partition coefficient (Wildman–Crippen LogP) is 3.09. The first-order valence-corrected chi connectivity index (χ1v) is 7.62. The molecule has 0 aliphatic rings.